The van der Waals surface area contributed by atoms with Crippen LogP contribution in [0.1, 0.15) is 69.8 Å². The van der Waals surface area contributed by atoms with Crippen LogP contribution in [0.2, 0.25) is 0 Å². The van der Waals surface area contributed by atoms with E-state index in [1.54, 1.807) is 6.07 Å². The van der Waals surface area contributed by atoms with Crippen molar-refractivity contribution < 1.29 is 19.1 Å². The Morgan fingerprint density at radius 3 is 2.62 bits per heavy atom. The normalized spacial score (nSPS) is 16.2. The molecule has 1 aromatic carbocycles. The largest absolute Gasteiger partial charge is 0.396 e. The number of carbonyl (C=O) groups excluding carboxylic acids is 2. The van der Waals surface area contributed by atoms with Gasteiger partial charge in [-0.15, -0.1) is 0 Å². The Hall–Kier alpha value is -2.48. The molecule has 0 saturated heterocycles. The van der Waals surface area contributed by atoms with Gasteiger partial charge in [0.2, 0.25) is 5.91 Å². The minimum absolute atomic E-state index is 0.0250. The lowest BCUT2D eigenvalue weighted by atomic mass is 9.86. The summed E-state index contributed by atoms with van der Waals surface area (Å²) in [6.07, 6.45) is 6.35. The number of nitrogens with one attached hydrogen (secondary N) is 2. The van der Waals surface area contributed by atoms with Crippen molar-refractivity contribution in [2.75, 3.05) is 13.2 Å². The van der Waals surface area contributed by atoms with E-state index < -0.39 is 23.2 Å². The van der Waals surface area contributed by atoms with Crippen LogP contribution in [-0.2, 0) is 11.3 Å². The van der Waals surface area contributed by atoms with Crippen LogP contribution < -0.4 is 10.6 Å². The molecule has 1 aliphatic rings. The van der Waals surface area contributed by atoms with Gasteiger partial charge in [0.1, 0.15) is 11.9 Å². The topological polar surface area (TPSA) is 96.2 Å². The number of rotatable bonds is 8. The highest BCUT2D eigenvalue weighted by molar-refractivity contribution is 6.06. The first-order valence-electron chi connectivity index (χ1n) is 11.6. The van der Waals surface area contributed by atoms with Gasteiger partial charge in [0.05, 0.1) is 5.52 Å². The highest BCUT2D eigenvalue weighted by atomic mass is 19.1. The number of hydrogen-bond donors (Lipinski definition) is 3. The lowest BCUT2D eigenvalue weighted by molar-refractivity contribution is -0.125. The van der Waals surface area contributed by atoms with E-state index in [9.17, 15) is 14.0 Å². The van der Waals surface area contributed by atoms with Crippen molar-refractivity contribution in [1.29, 1.82) is 0 Å². The van der Waals surface area contributed by atoms with Crippen LogP contribution in [0.3, 0.4) is 0 Å². The standard InChI is InChI=1S/C24H35FN4O3/c1-24(2,3)21(23(32)26-12-7-13-30)27-22(31)20-18-14-17(25)10-11-19(18)29(28-20)15-16-8-5-4-6-9-16/h10-11,14,16,21,30H,4-9,12-13,15H2,1-3H3,(H,26,32)(H,27,31). The molecule has 1 atom stereocenters. The van der Waals surface area contributed by atoms with Gasteiger partial charge in [0, 0.05) is 25.1 Å². The minimum Gasteiger partial charge on any atom is -0.396 e. The van der Waals surface area contributed by atoms with Crippen molar-refractivity contribution >= 4 is 22.7 Å². The van der Waals surface area contributed by atoms with E-state index in [1.807, 2.05) is 25.5 Å². The molecule has 7 nitrogen and oxygen atoms in total. The van der Waals surface area contributed by atoms with Gasteiger partial charge in [0.15, 0.2) is 5.69 Å². The molecule has 32 heavy (non-hydrogen) atoms. The molecule has 1 aromatic heterocycles. The fourth-order valence-electron chi connectivity index (χ4n) is 4.34. The summed E-state index contributed by atoms with van der Waals surface area (Å²) in [5, 5.41) is 19.5. The Labute approximate surface area is 188 Å². The Morgan fingerprint density at radius 2 is 1.97 bits per heavy atom. The van der Waals surface area contributed by atoms with Crippen molar-refractivity contribution in [1.82, 2.24) is 20.4 Å². The van der Waals surface area contributed by atoms with E-state index in [0.29, 0.717) is 30.8 Å². The molecule has 0 aliphatic heterocycles. The smallest absolute Gasteiger partial charge is 0.273 e. The van der Waals surface area contributed by atoms with Crippen molar-refractivity contribution in [3.8, 4) is 0 Å². The predicted octanol–water partition coefficient (Wildman–Crippen LogP) is 3.40. The summed E-state index contributed by atoms with van der Waals surface area (Å²) in [4.78, 5) is 26.0. The molecular weight excluding hydrogens is 411 g/mol. The van der Waals surface area contributed by atoms with E-state index in [4.69, 9.17) is 5.11 Å². The maximum atomic E-state index is 14.0. The fraction of sp³-hybridized carbons (Fsp3) is 0.625. The van der Waals surface area contributed by atoms with Crippen LogP contribution >= 0.6 is 0 Å². The summed E-state index contributed by atoms with van der Waals surface area (Å²) in [7, 11) is 0. The summed E-state index contributed by atoms with van der Waals surface area (Å²) in [6.45, 7) is 6.58. The monoisotopic (exact) mass is 446 g/mol. The van der Waals surface area contributed by atoms with E-state index in [0.717, 1.165) is 18.4 Å². The Morgan fingerprint density at radius 1 is 1.25 bits per heavy atom. The Kier molecular flexibility index (Phi) is 7.87. The van der Waals surface area contributed by atoms with Gasteiger partial charge in [-0.2, -0.15) is 5.10 Å². The quantitative estimate of drug-likeness (QED) is 0.542. The average molecular weight is 447 g/mol. The molecule has 1 unspecified atom stereocenters. The molecule has 2 amide bonds. The SMILES string of the molecule is CC(C)(C)C(NC(=O)c1nn(CC2CCCCC2)c2ccc(F)cc12)C(=O)NCCCO. The Bertz CT molecular complexity index is 945. The second-order valence-corrected chi connectivity index (χ2v) is 9.84. The lowest BCUT2D eigenvalue weighted by Crippen LogP contribution is -2.53. The van der Waals surface area contributed by atoms with Gasteiger partial charge in [-0.25, -0.2) is 4.39 Å². The van der Waals surface area contributed by atoms with Gasteiger partial charge in [-0.05, 0) is 48.8 Å². The number of fused-ring (bicyclic) bond motifs is 1. The van der Waals surface area contributed by atoms with E-state index in [1.165, 1.54) is 31.4 Å². The molecular formula is C24H35FN4O3. The summed E-state index contributed by atoms with van der Waals surface area (Å²) in [5.41, 5.74) is 0.305. The molecule has 8 heteroatoms. The molecule has 1 heterocycles. The maximum absolute atomic E-state index is 14.0. The zero-order valence-electron chi connectivity index (χ0n) is 19.3. The number of aliphatic hydroxyl groups is 1. The molecule has 1 saturated carbocycles. The van der Waals surface area contributed by atoms with Gasteiger partial charge < -0.3 is 15.7 Å². The molecule has 0 radical (unpaired) electrons. The number of carbonyl (C=O) groups is 2. The van der Waals surface area contributed by atoms with Crippen molar-refractivity contribution in [3.05, 3.63) is 29.7 Å². The number of aromatic nitrogens is 2. The van der Waals surface area contributed by atoms with Gasteiger partial charge >= 0.3 is 0 Å². The van der Waals surface area contributed by atoms with E-state index in [-0.39, 0.29) is 18.2 Å². The summed E-state index contributed by atoms with van der Waals surface area (Å²) in [6, 6.07) is 3.58. The number of halogens is 1. The van der Waals surface area contributed by atoms with Crippen LogP contribution in [0.5, 0.6) is 0 Å². The number of nitrogens with zero attached hydrogens (tertiary/aromatic N) is 2. The molecule has 176 valence electrons. The first-order valence-corrected chi connectivity index (χ1v) is 11.6. The number of aliphatic hydroxyl groups excluding tert-OH is 1. The van der Waals surface area contributed by atoms with Crippen LogP contribution in [-0.4, -0.2) is 45.9 Å². The number of amides is 2. The second-order valence-electron chi connectivity index (χ2n) is 9.84. The highest BCUT2D eigenvalue weighted by Crippen LogP contribution is 2.28. The predicted molar refractivity (Wildman–Crippen MR) is 122 cm³/mol. The summed E-state index contributed by atoms with van der Waals surface area (Å²) in [5.74, 6) is -0.762. The van der Waals surface area contributed by atoms with Crippen molar-refractivity contribution in [3.63, 3.8) is 0 Å². The van der Waals surface area contributed by atoms with Crippen LogP contribution in [0.4, 0.5) is 4.39 Å². The zero-order valence-corrected chi connectivity index (χ0v) is 19.3. The van der Waals surface area contributed by atoms with E-state index >= 15 is 0 Å². The molecule has 2 aromatic rings. The van der Waals surface area contributed by atoms with Crippen molar-refractivity contribution in [2.24, 2.45) is 11.3 Å². The third kappa shape index (κ3) is 5.85. The van der Waals surface area contributed by atoms with Crippen LogP contribution in [0.25, 0.3) is 10.9 Å². The third-order valence-corrected chi connectivity index (χ3v) is 6.12. The van der Waals surface area contributed by atoms with Crippen molar-refractivity contribution in [2.45, 2.75) is 71.9 Å². The fourth-order valence-corrected chi connectivity index (χ4v) is 4.34. The molecule has 3 rings (SSSR count). The molecule has 1 fully saturated rings. The third-order valence-electron chi connectivity index (χ3n) is 6.12. The van der Waals surface area contributed by atoms with Crippen LogP contribution in [0, 0.1) is 17.2 Å². The highest BCUT2D eigenvalue weighted by Gasteiger charge is 2.34. The number of benzene rings is 1. The minimum atomic E-state index is -0.805. The second kappa shape index (κ2) is 10.4. The molecule has 0 bridgehead atoms. The average Bonchev–Trinajstić information content (AvgIpc) is 3.09. The zero-order chi connectivity index (χ0) is 23.3. The Balaban J connectivity index is 1.86. The van der Waals surface area contributed by atoms with Gasteiger partial charge in [-0.1, -0.05) is 40.0 Å². The molecule has 3 N–H and O–H groups in total. The molecule has 1 aliphatic carbocycles. The first kappa shape index (κ1) is 24.2. The van der Waals surface area contributed by atoms with Crippen LogP contribution in [0.15, 0.2) is 18.2 Å². The molecule has 0 spiro atoms. The maximum Gasteiger partial charge on any atom is 0.273 e. The summed E-state index contributed by atoms with van der Waals surface area (Å²) < 4.78 is 15.9. The summed E-state index contributed by atoms with van der Waals surface area (Å²) >= 11 is 0. The first-order chi connectivity index (χ1) is 15.2. The lowest BCUT2D eigenvalue weighted by Gasteiger charge is -2.30. The number of hydrogen-bond acceptors (Lipinski definition) is 4. The van der Waals surface area contributed by atoms with Gasteiger partial charge in [-0.3, -0.25) is 14.3 Å². The van der Waals surface area contributed by atoms with Gasteiger partial charge in [0.25, 0.3) is 5.91 Å². The van der Waals surface area contributed by atoms with E-state index in [2.05, 4.69) is 15.7 Å².